The molecule has 4 rings (SSSR count). The third kappa shape index (κ3) is 3.81. The first kappa shape index (κ1) is 19.8. The Hall–Kier alpha value is -3.52. The SMILES string of the molecule is CC(=O)Nc1cccc2c1c(Sc1ccc(-c3cnco3)cc1)c(C)n2CC(=O)O. The third-order valence-electron chi connectivity index (χ3n) is 4.69. The number of hydrogen-bond acceptors (Lipinski definition) is 5. The molecule has 2 heterocycles. The average Bonchev–Trinajstić information content (AvgIpc) is 3.32. The predicted octanol–water partition coefficient (Wildman–Crippen LogP) is 4.80. The lowest BCUT2D eigenvalue weighted by Crippen LogP contribution is -2.10. The second kappa shape index (κ2) is 8.08. The fourth-order valence-electron chi connectivity index (χ4n) is 3.41. The highest BCUT2D eigenvalue weighted by Crippen LogP contribution is 2.42. The molecule has 8 heteroatoms. The standard InChI is InChI=1S/C22H19N3O4S/c1-13-22(30-16-8-6-15(7-9-16)19-10-23-12-29-19)21-17(24-14(2)26)4-3-5-18(21)25(13)11-20(27)28/h3-10,12H,11H2,1-2H3,(H,24,26)(H,27,28). The number of amides is 1. The van der Waals surface area contributed by atoms with Gasteiger partial charge in [-0.25, -0.2) is 4.98 Å². The lowest BCUT2D eigenvalue weighted by molar-refractivity contribution is -0.137. The molecular formula is C22H19N3O4S. The molecular weight excluding hydrogens is 402 g/mol. The van der Waals surface area contributed by atoms with Crippen molar-refractivity contribution in [3.63, 3.8) is 0 Å². The van der Waals surface area contributed by atoms with Crippen molar-refractivity contribution in [1.82, 2.24) is 9.55 Å². The number of carbonyl (C=O) groups is 2. The molecule has 0 bridgehead atoms. The zero-order chi connectivity index (χ0) is 21.3. The van der Waals surface area contributed by atoms with Gasteiger partial charge in [-0.1, -0.05) is 30.0 Å². The molecule has 0 fully saturated rings. The number of carboxylic acid groups (broad SMARTS) is 1. The zero-order valence-electron chi connectivity index (χ0n) is 16.4. The number of nitrogens with one attached hydrogen (secondary N) is 1. The summed E-state index contributed by atoms with van der Waals surface area (Å²) in [6.07, 6.45) is 3.05. The van der Waals surface area contributed by atoms with Gasteiger partial charge >= 0.3 is 5.97 Å². The lowest BCUT2D eigenvalue weighted by Gasteiger charge is -2.07. The zero-order valence-corrected chi connectivity index (χ0v) is 17.2. The van der Waals surface area contributed by atoms with E-state index in [1.807, 2.05) is 49.4 Å². The van der Waals surface area contributed by atoms with Crippen LogP contribution in [-0.2, 0) is 16.1 Å². The van der Waals surface area contributed by atoms with Gasteiger partial charge in [0.15, 0.2) is 12.2 Å². The van der Waals surface area contributed by atoms with E-state index in [9.17, 15) is 14.7 Å². The maximum Gasteiger partial charge on any atom is 0.323 e. The predicted molar refractivity (Wildman–Crippen MR) is 115 cm³/mol. The highest BCUT2D eigenvalue weighted by atomic mass is 32.2. The maximum atomic E-state index is 11.7. The Morgan fingerprint density at radius 1 is 1.20 bits per heavy atom. The van der Waals surface area contributed by atoms with Crippen molar-refractivity contribution in [3.8, 4) is 11.3 Å². The normalized spacial score (nSPS) is 11.0. The van der Waals surface area contributed by atoms with Crippen LogP contribution in [0.25, 0.3) is 22.2 Å². The monoisotopic (exact) mass is 421 g/mol. The molecule has 152 valence electrons. The fourth-order valence-corrected chi connectivity index (χ4v) is 4.49. The molecule has 7 nitrogen and oxygen atoms in total. The quantitative estimate of drug-likeness (QED) is 0.464. The van der Waals surface area contributed by atoms with Crippen LogP contribution >= 0.6 is 11.8 Å². The van der Waals surface area contributed by atoms with Crippen LogP contribution in [0, 0.1) is 6.92 Å². The minimum atomic E-state index is -0.923. The Labute approximate surface area is 176 Å². The van der Waals surface area contributed by atoms with Gasteiger partial charge in [0.05, 0.1) is 17.4 Å². The number of fused-ring (bicyclic) bond motifs is 1. The van der Waals surface area contributed by atoms with Crippen LogP contribution in [0.3, 0.4) is 0 Å². The van der Waals surface area contributed by atoms with Crippen molar-refractivity contribution in [2.75, 3.05) is 5.32 Å². The molecule has 1 amide bonds. The first-order valence-corrected chi connectivity index (χ1v) is 10.0. The summed E-state index contributed by atoms with van der Waals surface area (Å²) in [5.74, 6) is -0.417. The van der Waals surface area contributed by atoms with Crippen molar-refractivity contribution in [2.45, 2.75) is 30.2 Å². The Bertz CT molecular complexity index is 1230. The van der Waals surface area contributed by atoms with Crippen LogP contribution in [0.4, 0.5) is 5.69 Å². The molecule has 0 aliphatic carbocycles. The minimum absolute atomic E-state index is 0.156. The molecule has 4 aromatic rings. The molecule has 0 radical (unpaired) electrons. The number of nitrogens with zero attached hydrogens (tertiary/aromatic N) is 2. The van der Waals surface area contributed by atoms with Crippen LogP contribution in [0.1, 0.15) is 12.6 Å². The van der Waals surface area contributed by atoms with Crippen molar-refractivity contribution in [2.24, 2.45) is 0 Å². The molecule has 0 saturated carbocycles. The summed E-state index contributed by atoms with van der Waals surface area (Å²) in [7, 11) is 0. The van der Waals surface area contributed by atoms with Crippen LogP contribution in [0.5, 0.6) is 0 Å². The summed E-state index contributed by atoms with van der Waals surface area (Å²) >= 11 is 1.53. The fraction of sp³-hybridized carbons (Fsp3) is 0.136. The molecule has 2 N–H and O–H groups in total. The van der Waals surface area contributed by atoms with E-state index in [-0.39, 0.29) is 12.5 Å². The van der Waals surface area contributed by atoms with Gasteiger partial charge in [0.1, 0.15) is 6.54 Å². The summed E-state index contributed by atoms with van der Waals surface area (Å²) < 4.78 is 7.09. The van der Waals surface area contributed by atoms with E-state index < -0.39 is 5.97 Å². The van der Waals surface area contributed by atoms with E-state index in [1.54, 1.807) is 10.8 Å². The van der Waals surface area contributed by atoms with Gasteiger partial charge in [-0.2, -0.15) is 0 Å². The van der Waals surface area contributed by atoms with E-state index >= 15 is 0 Å². The highest BCUT2D eigenvalue weighted by molar-refractivity contribution is 7.99. The number of carboxylic acids is 1. The molecule has 0 saturated heterocycles. The van der Waals surface area contributed by atoms with Gasteiger partial charge in [0.25, 0.3) is 0 Å². The molecule has 0 atom stereocenters. The van der Waals surface area contributed by atoms with E-state index in [2.05, 4.69) is 10.3 Å². The average molecular weight is 421 g/mol. The number of aromatic nitrogens is 2. The number of aliphatic carboxylic acids is 1. The summed E-state index contributed by atoms with van der Waals surface area (Å²) in [4.78, 5) is 29.0. The summed E-state index contributed by atoms with van der Waals surface area (Å²) in [6.45, 7) is 3.19. The maximum absolute atomic E-state index is 11.7. The van der Waals surface area contributed by atoms with Crippen molar-refractivity contribution >= 4 is 40.2 Å². The molecule has 2 aromatic heterocycles. The van der Waals surface area contributed by atoms with Crippen molar-refractivity contribution in [1.29, 1.82) is 0 Å². The molecule has 2 aromatic carbocycles. The smallest absolute Gasteiger partial charge is 0.323 e. The van der Waals surface area contributed by atoms with Crippen LogP contribution in [0.15, 0.2) is 69.3 Å². The topological polar surface area (TPSA) is 97.4 Å². The number of anilines is 1. The van der Waals surface area contributed by atoms with E-state index in [1.165, 1.54) is 25.1 Å². The second-order valence-electron chi connectivity index (χ2n) is 6.77. The molecule has 0 aliphatic heterocycles. The van der Waals surface area contributed by atoms with Gasteiger partial charge in [-0.15, -0.1) is 0 Å². The lowest BCUT2D eigenvalue weighted by atomic mass is 10.2. The number of rotatable bonds is 6. The number of hydrogen-bond donors (Lipinski definition) is 2. The van der Waals surface area contributed by atoms with Gasteiger partial charge in [0.2, 0.25) is 5.91 Å². The summed E-state index contributed by atoms with van der Waals surface area (Å²) in [5.41, 5.74) is 3.17. The Kier molecular flexibility index (Phi) is 5.33. The van der Waals surface area contributed by atoms with Crippen LogP contribution in [0.2, 0.25) is 0 Å². The van der Waals surface area contributed by atoms with E-state index in [0.717, 1.165) is 32.0 Å². The van der Waals surface area contributed by atoms with E-state index in [4.69, 9.17) is 4.42 Å². The van der Waals surface area contributed by atoms with Gasteiger partial charge in [-0.3, -0.25) is 9.59 Å². The Morgan fingerprint density at radius 2 is 1.97 bits per heavy atom. The minimum Gasteiger partial charge on any atom is -0.480 e. The van der Waals surface area contributed by atoms with Gasteiger partial charge in [-0.05, 0) is 31.2 Å². The van der Waals surface area contributed by atoms with Gasteiger partial charge < -0.3 is 19.4 Å². The molecule has 30 heavy (non-hydrogen) atoms. The molecule has 0 aliphatic rings. The summed E-state index contributed by atoms with van der Waals surface area (Å²) in [5, 5.41) is 13.1. The highest BCUT2D eigenvalue weighted by Gasteiger charge is 2.20. The number of oxazole rings is 1. The first-order valence-electron chi connectivity index (χ1n) is 9.22. The number of benzene rings is 2. The Balaban J connectivity index is 1.79. The Morgan fingerprint density at radius 3 is 2.60 bits per heavy atom. The van der Waals surface area contributed by atoms with Gasteiger partial charge in [0, 0.05) is 33.4 Å². The van der Waals surface area contributed by atoms with Crippen LogP contribution in [-0.4, -0.2) is 26.5 Å². The van der Waals surface area contributed by atoms with Crippen molar-refractivity contribution < 1.29 is 19.1 Å². The first-order chi connectivity index (χ1) is 14.4. The number of carbonyl (C=O) groups excluding carboxylic acids is 1. The van der Waals surface area contributed by atoms with Crippen molar-refractivity contribution in [3.05, 3.63) is 60.7 Å². The third-order valence-corrected chi connectivity index (χ3v) is 5.90. The van der Waals surface area contributed by atoms with Crippen LogP contribution < -0.4 is 5.32 Å². The second-order valence-corrected chi connectivity index (χ2v) is 7.85. The van der Waals surface area contributed by atoms with E-state index in [0.29, 0.717) is 11.4 Å². The summed E-state index contributed by atoms with van der Waals surface area (Å²) in [6, 6.07) is 13.4. The largest absolute Gasteiger partial charge is 0.480 e. The molecule has 0 unspecified atom stereocenters. The molecule has 0 spiro atoms.